The Morgan fingerprint density at radius 1 is 0.871 bits per heavy atom. The Balaban J connectivity index is 1.41. The molecular weight excluding hydrogens is 382 g/mol. The van der Waals surface area contributed by atoms with Crippen molar-refractivity contribution < 1.29 is 4.79 Å². The summed E-state index contributed by atoms with van der Waals surface area (Å²) in [4.78, 5) is 12.7. The second kappa shape index (κ2) is 9.43. The fourth-order valence-electron chi connectivity index (χ4n) is 3.97. The topological polar surface area (TPSA) is 46.9 Å². The monoisotopic (exact) mass is 409 g/mol. The van der Waals surface area contributed by atoms with Gasteiger partial charge in [-0.25, -0.2) is 4.68 Å². The van der Waals surface area contributed by atoms with Crippen LogP contribution in [0.15, 0.2) is 91.0 Å². The molecule has 0 bridgehead atoms. The smallest absolute Gasteiger partial charge is 0.251 e. The lowest BCUT2D eigenvalue weighted by atomic mass is 9.88. The Kier molecular flexibility index (Phi) is 6.27. The van der Waals surface area contributed by atoms with E-state index in [0.717, 1.165) is 23.5 Å². The molecular formula is C27H27N3O. The highest BCUT2D eigenvalue weighted by Gasteiger charge is 2.14. The molecule has 0 unspecified atom stereocenters. The third kappa shape index (κ3) is 4.92. The van der Waals surface area contributed by atoms with Crippen molar-refractivity contribution in [2.75, 3.05) is 6.54 Å². The van der Waals surface area contributed by atoms with Gasteiger partial charge in [0.2, 0.25) is 0 Å². The first-order valence-corrected chi connectivity index (χ1v) is 10.6. The van der Waals surface area contributed by atoms with Crippen LogP contribution in [0.25, 0.3) is 5.69 Å². The van der Waals surface area contributed by atoms with Crippen molar-refractivity contribution in [1.29, 1.82) is 0 Å². The molecule has 4 nitrogen and oxygen atoms in total. The molecule has 1 heterocycles. The van der Waals surface area contributed by atoms with Crippen LogP contribution in [0.5, 0.6) is 0 Å². The van der Waals surface area contributed by atoms with Gasteiger partial charge in [-0.3, -0.25) is 4.79 Å². The summed E-state index contributed by atoms with van der Waals surface area (Å²) in [6.07, 6.45) is 0.837. The van der Waals surface area contributed by atoms with Crippen LogP contribution in [0.4, 0.5) is 0 Å². The summed E-state index contributed by atoms with van der Waals surface area (Å²) in [7, 11) is 0. The number of aromatic nitrogens is 2. The van der Waals surface area contributed by atoms with Gasteiger partial charge in [0.1, 0.15) is 0 Å². The summed E-state index contributed by atoms with van der Waals surface area (Å²) >= 11 is 0. The number of rotatable bonds is 7. The van der Waals surface area contributed by atoms with Gasteiger partial charge in [0, 0.05) is 23.7 Å². The zero-order chi connectivity index (χ0) is 21.6. The molecule has 1 N–H and O–H groups in total. The molecule has 3 aromatic carbocycles. The number of benzene rings is 3. The van der Waals surface area contributed by atoms with Gasteiger partial charge in [-0.05, 0) is 61.7 Å². The van der Waals surface area contributed by atoms with Gasteiger partial charge < -0.3 is 5.32 Å². The van der Waals surface area contributed by atoms with Crippen LogP contribution in [-0.4, -0.2) is 22.2 Å². The normalized spacial score (nSPS) is 10.9. The number of nitrogens with zero attached hydrogens (tertiary/aromatic N) is 2. The molecule has 1 amide bonds. The van der Waals surface area contributed by atoms with Crippen LogP contribution in [0.1, 0.15) is 45.2 Å². The summed E-state index contributed by atoms with van der Waals surface area (Å²) in [6, 6.07) is 30.5. The first-order valence-electron chi connectivity index (χ1n) is 10.6. The Bertz CT molecular complexity index is 1090. The maximum Gasteiger partial charge on any atom is 0.251 e. The van der Waals surface area contributed by atoms with Crippen LogP contribution in [-0.2, 0) is 0 Å². The third-order valence-corrected chi connectivity index (χ3v) is 5.51. The van der Waals surface area contributed by atoms with Crippen molar-refractivity contribution in [1.82, 2.24) is 15.1 Å². The minimum atomic E-state index is -0.0557. The summed E-state index contributed by atoms with van der Waals surface area (Å²) < 4.78 is 1.89. The zero-order valence-corrected chi connectivity index (χ0v) is 18.0. The molecule has 0 fully saturated rings. The SMILES string of the molecule is Cc1cc(C)n(-c2ccc(C(=O)NCCC(c3ccccc3)c3ccccc3)cc2)n1. The number of amides is 1. The van der Waals surface area contributed by atoms with Gasteiger partial charge in [-0.2, -0.15) is 5.10 Å². The van der Waals surface area contributed by atoms with Gasteiger partial charge in [0.05, 0.1) is 11.4 Å². The number of hydrogen-bond donors (Lipinski definition) is 1. The fourth-order valence-corrected chi connectivity index (χ4v) is 3.97. The molecule has 0 aliphatic rings. The molecule has 0 saturated heterocycles. The van der Waals surface area contributed by atoms with Gasteiger partial charge in [0.25, 0.3) is 5.91 Å². The summed E-state index contributed by atoms with van der Waals surface area (Å²) in [5.74, 6) is 0.191. The Labute approximate surface area is 183 Å². The van der Waals surface area contributed by atoms with Gasteiger partial charge >= 0.3 is 0 Å². The molecule has 1 aromatic heterocycles. The zero-order valence-electron chi connectivity index (χ0n) is 18.0. The highest BCUT2D eigenvalue weighted by molar-refractivity contribution is 5.94. The molecule has 0 radical (unpaired) electrons. The van der Waals surface area contributed by atoms with Crippen molar-refractivity contribution in [2.24, 2.45) is 0 Å². The first kappa shape index (κ1) is 20.6. The highest BCUT2D eigenvalue weighted by atomic mass is 16.1. The van der Waals surface area contributed by atoms with E-state index in [4.69, 9.17) is 0 Å². The average molecular weight is 410 g/mol. The predicted molar refractivity (Wildman–Crippen MR) is 125 cm³/mol. The maximum absolute atomic E-state index is 12.7. The van der Waals surface area contributed by atoms with E-state index >= 15 is 0 Å². The van der Waals surface area contributed by atoms with Crippen molar-refractivity contribution in [2.45, 2.75) is 26.2 Å². The Morgan fingerprint density at radius 3 is 1.97 bits per heavy atom. The molecule has 4 rings (SSSR count). The number of carbonyl (C=O) groups excluding carboxylic acids is 1. The molecule has 4 heteroatoms. The minimum absolute atomic E-state index is 0.0557. The molecule has 0 aliphatic carbocycles. The average Bonchev–Trinajstić information content (AvgIpc) is 3.15. The van der Waals surface area contributed by atoms with E-state index in [1.165, 1.54) is 11.1 Å². The van der Waals surface area contributed by atoms with Crippen molar-refractivity contribution in [3.05, 3.63) is 119 Å². The molecule has 0 saturated carbocycles. The Morgan fingerprint density at radius 2 is 1.45 bits per heavy atom. The standard InChI is InChI=1S/C27H27N3O/c1-20-19-21(2)30(29-20)25-15-13-24(14-16-25)27(31)28-18-17-26(22-9-5-3-6-10-22)23-11-7-4-8-12-23/h3-16,19,26H,17-18H2,1-2H3,(H,28,31). The number of aryl methyl sites for hydroxylation is 2. The minimum Gasteiger partial charge on any atom is -0.352 e. The molecule has 0 aliphatic heterocycles. The van der Waals surface area contributed by atoms with Crippen molar-refractivity contribution in [3.8, 4) is 5.69 Å². The fraction of sp³-hybridized carbons (Fsp3) is 0.185. The quantitative estimate of drug-likeness (QED) is 0.442. The number of hydrogen-bond acceptors (Lipinski definition) is 2. The molecule has 0 spiro atoms. The van der Waals surface area contributed by atoms with E-state index in [1.54, 1.807) is 0 Å². The van der Waals surface area contributed by atoms with E-state index < -0.39 is 0 Å². The molecule has 156 valence electrons. The highest BCUT2D eigenvalue weighted by Crippen LogP contribution is 2.27. The van der Waals surface area contributed by atoms with Gasteiger partial charge in [0.15, 0.2) is 0 Å². The van der Waals surface area contributed by atoms with E-state index in [2.05, 4.69) is 58.9 Å². The van der Waals surface area contributed by atoms with E-state index in [0.29, 0.717) is 12.1 Å². The van der Waals surface area contributed by atoms with Crippen LogP contribution >= 0.6 is 0 Å². The summed E-state index contributed by atoms with van der Waals surface area (Å²) in [5, 5.41) is 7.58. The second-order valence-corrected chi connectivity index (χ2v) is 7.80. The second-order valence-electron chi connectivity index (χ2n) is 7.80. The van der Waals surface area contributed by atoms with Crippen LogP contribution < -0.4 is 5.32 Å². The first-order chi connectivity index (χ1) is 15.1. The van der Waals surface area contributed by atoms with Gasteiger partial charge in [-0.1, -0.05) is 60.7 Å². The molecule has 31 heavy (non-hydrogen) atoms. The number of nitrogens with one attached hydrogen (secondary N) is 1. The predicted octanol–water partition coefficient (Wildman–Crippen LogP) is 5.44. The summed E-state index contributed by atoms with van der Waals surface area (Å²) in [5.41, 5.74) is 6.18. The van der Waals surface area contributed by atoms with E-state index in [9.17, 15) is 4.79 Å². The third-order valence-electron chi connectivity index (χ3n) is 5.51. The lowest BCUT2D eigenvalue weighted by Gasteiger charge is -2.18. The largest absolute Gasteiger partial charge is 0.352 e. The Hall–Kier alpha value is -3.66. The number of carbonyl (C=O) groups is 1. The lowest BCUT2D eigenvalue weighted by molar-refractivity contribution is 0.0953. The summed E-state index contributed by atoms with van der Waals surface area (Å²) in [6.45, 7) is 4.60. The van der Waals surface area contributed by atoms with Crippen LogP contribution in [0.2, 0.25) is 0 Å². The van der Waals surface area contributed by atoms with Crippen molar-refractivity contribution in [3.63, 3.8) is 0 Å². The molecule has 0 atom stereocenters. The van der Waals surface area contributed by atoms with Crippen LogP contribution in [0, 0.1) is 13.8 Å². The lowest BCUT2D eigenvalue weighted by Crippen LogP contribution is -2.25. The van der Waals surface area contributed by atoms with E-state index in [-0.39, 0.29) is 11.8 Å². The van der Waals surface area contributed by atoms with Crippen LogP contribution in [0.3, 0.4) is 0 Å². The van der Waals surface area contributed by atoms with Gasteiger partial charge in [-0.15, -0.1) is 0 Å². The maximum atomic E-state index is 12.7. The van der Waals surface area contributed by atoms with E-state index in [1.807, 2.05) is 61.0 Å². The van der Waals surface area contributed by atoms with Crippen molar-refractivity contribution >= 4 is 5.91 Å². The molecule has 4 aromatic rings.